The Kier molecular flexibility index (Phi) is 6.28. The number of fused-ring (bicyclic) bond motifs is 1. The molecule has 1 atom stereocenters. The lowest BCUT2D eigenvalue weighted by molar-refractivity contribution is 0.0927. The summed E-state index contributed by atoms with van der Waals surface area (Å²) in [6.07, 6.45) is 5.64. The van der Waals surface area contributed by atoms with Crippen molar-refractivity contribution in [2.75, 3.05) is 4.31 Å². The van der Waals surface area contributed by atoms with E-state index in [0.717, 1.165) is 46.3 Å². The van der Waals surface area contributed by atoms with Crippen LogP contribution < -0.4 is 9.62 Å². The minimum absolute atomic E-state index is 0.0720. The summed E-state index contributed by atoms with van der Waals surface area (Å²) in [6.45, 7) is 0.250. The molecule has 2 N–H and O–H groups in total. The van der Waals surface area contributed by atoms with Crippen molar-refractivity contribution in [3.63, 3.8) is 0 Å². The SMILES string of the molecule is O=C(NC1CCCCC1)c1cccc(CN(c2cc3ccccc3s2)S(=O)O)c1. The third-order valence-electron chi connectivity index (χ3n) is 5.30. The molecule has 0 saturated heterocycles. The predicted octanol–water partition coefficient (Wildman–Crippen LogP) is 5.11. The van der Waals surface area contributed by atoms with Gasteiger partial charge in [-0.25, -0.2) is 4.21 Å². The fourth-order valence-electron chi connectivity index (χ4n) is 3.79. The molecule has 2 aromatic carbocycles. The van der Waals surface area contributed by atoms with Gasteiger partial charge >= 0.3 is 0 Å². The van der Waals surface area contributed by atoms with Gasteiger partial charge in [0.05, 0.1) is 6.54 Å². The van der Waals surface area contributed by atoms with Crippen LogP contribution in [0.3, 0.4) is 0 Å². The minimum Gasteiger partial charge on any atom is -0.349 e. The van der Waals surface area contributed by atoms with E-state index in [9.17, 15) is 13.6 Å². The summed E-state index contributed by atoms with van der Waals surface area (Å²) in [5, 5.41) is 4.90. The van der Waals surface area contributed by atoms with Gasteiger partial charge in [-0.1, -0.05) is 49.6 Å². The first-order valence-electron chi connectivity index (χ1n) is 9.87. The van der Waals surface area contributed by atoms with E-state index in [2.05, 4.69) is 5.32 Å². The molecule has 1 aliphatic carbocycles. The Morgan fingerprint density at radius 1 is 1.10 bits per heavy atom. The van der Waals surface area contributed by atoms with Crippen LogP contribution in [-0.4, -0.2) is 20.7 Å². The highest BCUT2D eigenvalue weighted by Crippen LogP contribution is 2.33. The lowest BCUT2D eigenvalue weighted by atomic mass is 9.95. The normalized spacial score (nSPS) is 15.9. The van der Waals surface area contributed by atoms with Gasteiger partial charge in [0, 0.05) is 16.3 Å². The third-order valence-corrected chi connectivity index (χ3v) is 7.26. The topological polar surface area (TPSA) is 69.6 Å². The van der Waals surface area contributed by atoms with Crippen LogP contribution in [0, 0.1) is 0 Å². The van der Waals surface area contributed by atoms with E-state index in [1.165, 1.54) is 22.1 Å². The van der Waals surface area contributed by atoms with E-state index in [1.807, 2.05) is 48.5 Å². The summed E-state index contributed by atoms with van der Waals surface area (Å²) >= 11 is -0.681. The molecule has 29 heavy (non-hydrogen) atoms. The molecule has 1 heterocycles. The number of carbonyl (C=O) groups excluding carboxylic acids is 1. The zero-order valence-electron chi connectivity index (χ0n) is 16.0. The van der Waals surface area contributed by atoms with Crippen molar-refractivity contribution >= 4 is 43.6 Å². The third kappa shape index (κ3) is 4.86. The molecule has 1 saturated carbocycles. The summed E-state index contributed by atoms with van der Waals surface area (Å²) in [5.74, 6) is -0.0720. The van der Waals surface area contributed by atoms with Crippen molar-refractivity contribution in [1.29, 1.82) is 0 Å². The molecule has 152 valence electrons. The van der Waals surface area contributed by atoms with Crippen LogP contribution in [0.25, 0.3) is 10.1 Å². The maximum absolute atomic E-state index is 12.6. The zero-order chi connectivity index (χ0) is 20.2. The number of amides is 1. The van der Waals surface area contributed by atoms with E-state index < -0.39 is 11.3 Å². The van der Waals surface area contributed by atoms with E-state index in [0.29, 0.717) is 5.56 Å². The maximum Gasteiger partial charge on any atom is 0.262 e. The van der Waals surface area contributed by atoms with Gasteiger partial charge in [0.15, 0.2) is 0 Å². The Bertz CT molecular complexity index is 995. The summed E-state index contributed by atoms with van der Waals surface area (Å²) in [5.41, 5.74) is 1.41. The van der Waals surface area contributed by atoms with E-state index in [-0.39, 0.29) is 18.5 Å². The van der Waals surface area contributed by atoms with E-state index in [4.69, 9.17) is 0 Å². The van der Waals surface area contributed by atoms with E-state index in [1.54, 1.807) is 6.07 Å². The van der Waals surface area contributed by atoms with Crippen LogP contribution >= 0.6 is 11.3 Å². The smallest absolute Gasteiger partial charge is 0.262 e. The molecule has 1 unspecified atom stereocenters. The molecule has 0 bridgehead atoms. The molecule has 4 rings (SSSR count). The molecule has 1 aliphatic rings. The quantitative estimate of drug-likeness (QED) is 0.536. The molecule has 7 heteroatoms. The zero-order valence-corrected chi connectivity index (χ0v) is 17.7. The molecular formula is C22H24N2O3S2. The van der Waals surface area contributed by atoms with Gasteiger partial charge < -0.3 is 5.32 Å². The summed E-state index contributed by atoms with van der Waals surface area (Å²) in [4.78, 5) is 12.6. The number of nitrogens with zero attached hydrogens (tertiary/aromatic N) is 1. The van der Waals surface area contributed by atoms with E-state index >= 15 is 0 Å². The second kappa shape index (κ2) is 9.07. The van der Waals surface area contributed by atoms with Crippen molar-refractivity contribution in [2.45, 2.75) is 44.7 Å². The fraction of sp³-hybridized carbons (Fsp3) is 0.318. The molecule has 0 spiro atoms. The molecule has 1 aromatic heterocycles. The first kappa shape index (κ1) is 20.1. The number of thiophene rings is 1. The summed E-state index contributed by atoms with van der Waals surface area (Å²) in [6, 6.07) is 17.4. The Hall–Kier alpha value is -2.22. The van der Waals surface area contributed by atoms with Gasteiger partial charge in [-0.2, -0.15) is 0 Å². The van der Waals surface area contributed by atoms with Gasteiger partial charge in [0.25, 0.3) is 17.2 Å². The lowest BCUT2D eigenvalue weighted by Gasteiger charge is -2.23. The van der Waals surface area contributed by atoms with Gasteiger partial charge in [-0.15, -0.1) is 11.3 Å². The van der Waals surface area contributed by atoms with Crippen molar-refractivity contribution in [3.8, 4) is 0 Å². The fourth-order valence-corrected chi connectivity index (χ4v) is 5.53. The second-order valence-electron chi connectivity index (χ2n) is 7.40. The number of anilines is 1. The molecule has 0 radical (unpaired) electrons. The second-order valence-corrected chi connectivity index (χ2v) is 9.36. The Morgan fingerprint density at radius 2 is 1.90 bits per heavy atom. The van der Waals surface area contributed by atoms with Crippen molar-refractivity contribution in [1.82, 2.24) is 5.32 Å². The van der Waals surface area contributed by atoms with Crippen molar-refractivity contribution < 1.29 is 13.6 Å². The van der Waals surface area contributed by atoms with Crippen LogP contribution in [0.1, 0.15) is 48.0 Å². The molecular weight excluding hydrogens is 404 g/mol. The van der Waals surface area contributed by atoms with Gasteiger partial charge in [0.1, 0.15) is 5.00 Å². The number of benzene rings is 2. The Balaban J connectivity index is 1.51. The largest absolute Gasteiger partial charge is 0.349 e. The van der Waals surface area contributed by atoms with Crippen LogP contribution in [0.5, 0.6) is 0 Å². The number of nitrogens with one attached hydrogen (secondary N) is 1. The number of hydrogen-bond donors (Lipinski definition) is 2. The number of hydrogen-bond acceptors (Lipinski definition) is 3. The summed E-state index contributed by atoms with van der Waals surface area (Å²) < 4.78 is 24.4. The van der Waals surface area contributed by atoms with Gasteiger partial charge in [-0.3, -0.25) is 13.7 Å². The lowest BCUT2D eigenvalue weighted by Crippen LogP contribution is -2.36. The maximum atomic E-state index is 12.6. The molecule has 0 aliphatic heterocycles. The van der Waals surface area contributed by atoms with Crippen LogP contribution in [-0.2, 0) is 17.8 Å². The first-order chi connectivity index (χ1) is 14.1. The molecule has 1 amide bonds. The van der Waals surface area contributed by atoms with Gasteiger partial charge in [0.2, 0.25) is 0 Å². The molecule has 3 aromatic rings. The average molecular weight is 429 g/mol. The highest BCUT2D eigenvalue weighted by Gasteiger charge is 2.19. The number of rotatable bonds is 6. The molecule has 5 nitrogen and oxygen atoms in total. The van der Waals surface area contributed by atoms with Crippen LogP contribution in [0.15, 0.2) is 54.6 Å². The monoisotopic (exact) mass is 428 g/mol. The summed E-state index contributed by atoms with van der Waals surface area (Å²) in [7, 11) is 0. The van der Waals surface area contributed by atoms with Gasteiger partial charge in [-0.05, 0) is 48.1 Å². The van der Waals surface area contributed by atoms with Crippen molar-refractivity contribution in [2.24, 2.45) is 0 Å². The Morgan fingerprint density at radius 3 is 2.66 bits per heavy atom. The first-order valence-corrected chi connectivity index (χ1v) is 11.7. The predicted molar refractivity (Wildman–Crippen MR) is 120 cm³/mol. The van der Waals surface area contributed by atoms with Crippen molar-refractivity contribution in [3.05, 3.63) is 65.7 Å². The standard InChI is InChI=1S/C22H24N2O3S2/c25-22(23-19-10-2-1-3-11-19)18-9-6-7-16(13-18)15-24(29(26)27)21-14-17-8-4-5-12-20(17)28-21/h4-9,12-14,19H,1-3,10-11,15H2,(H,23,25)(H,26,27). The highest BCUT2D eigenvalue weighted by atomic mass is 32.2. The Labute approximate surface area is 177 Å². The van der Waals surface area contributed by atoms with Crippen LogP contribution in [0.2, 0.25) is 0 Å². The number of carbonyl (C=O) groups is 1. The highest BCUT2D eigenvalue weighted by molar-refractivity contribution is 7.81. The molecule has 1 fully saturated rings. The minimum atomic E-state index is -2.16. The van der Waals surface area contributed by atoms with Crippen LogP contribution in [0.4, 0.5) is 5.00 Å². The average Bonchev–Trinajstić information content (AvgIpc) is 3.16.